The van der Waals surface area contributed by atoms with Gasteiger partial charge in [-0.2, -0.15) is 8.78 Å². The van der Waals surface area contributed by atoms with E-state index in [4.69, 9.17) is 9.47 Å². The number of benzene rings is 1. The van der Waals surface area contributed by atoms with Gasteiger partial charge in [0.05, 0.1) is 12.2 Å². The van der Waals surface area contributed by atoms with Gasteiger partial charge in [0, 0.05) is 5.54 Å². The molecule has 0 saturated heterocycles. The molecule has 8 nitrogen and oxygen atoms in total. The molecule has 10 heteroatoms. The zero-order valence-electron chi connectivity index (χ0n) is 16.3. The van der Waals surface area contributed by atoms with Gasteiger partial charge in [-0.15, -0.1) is 0 Å². The number of ether oxygens (including phenoxy) is 3. The molecule has 1 atom stereocenters. The number of urea groups is 1. The Morgan fingerprint density at radius 3 is 2.32 bits per heavy atom. The highest BCUT2D eigenvalue weighted by Gasteiger charge is 2.23. The van der Waals surface area contributed by atoms with Crippen LogP contribution in [0, 0.1) is 0 Å². The third-order valence-corrected chi connectivity index (χ3v) is 3.07. The van der Waals surface area contributed by atoms with Crippen molar-refractivity contribution >= 4 is 17.9 Å². The van der Waals surface area contributed by atoms with Crippen LogP contribution < -0.4 is 20.1 Å². The average Bonchev–Trinajstić information content (AvgIpc) is 2.54. The van der Waals surface area contributed by atoms with Gasteiger partial charge in [0.25, 0.3) is 5.91 Å². The lowest BCUT2D eigenvalue weighted by atomic mass is 10.1. The average molecular weight is 402 g/mol. The Balaban J connectivity index is 2.79. The molecule has 0 unspecified atom stereocenters. The van der Waals surface area contributed by atoms with Crippen LogP contribution in [0.1, 0.15) is 45.0 Å². The minimum Gasteiger partial charge on any atom is -0.490 e. The van der Waals surface area contributed by atoms with Gasteiger partial charge in [0.15, 0.2) is 17.6 Å². The SMILES string of the molecule is CCOc1cc(C(=O)O[C@H](C)C(=O)NC(=O)NC(C)(C)C)ccc1OC(F)F. The molecule has 3 amide bonds. The molecule has 0 heterocycles. The van der Waals surface area contributed by atoms with Crippen LogP contribution in [0.5, 0.6) is 11.5 Å². The summed E-state index contributed by atoms with van der Waals surface area (Å²) in [6, 6.07) is 2.77. The van der Waals surface area contributed by atoms with Gasteiger partial charge in [-0.05, 0) is 52.8 Å². The lowest BCUT2D eigenvalue weighted by Gasteiger charge is -2.21. The second-order valence-electron chi connectivity index (χ2n) is 6.71. The molecule has 0 aliphatic heterocycles. The van der Waals surface area contributed by atoms with Crippen molar-refractivity contribution in [3.63, 3.8) is 0 Å². The van der Waals surface area contributed by atoms with Crippen LogP contribution in [0.15, 0.2) is 18.2 Å². The van der Waals surface area contributed by atoms with Crippen molar-refractivity contribution in [2.24, 2.45) is 0 Å². The van der Waals surface area contributed by atoms with Crippen LogP contribution in [-0.4, -0.2) is 42.8 Å². The van der Waals surface area contributed by atoms with Crippen LogP contribution in [0.4, 0.5) is 13.6 Å². The number of nitrogens with one attached hydrogen (secondary N) is 2. The van der Waals surface area contributed by atoms with Gasteiger partial charge in [-0.1, -0.05) is 0 Å². The van der Waals surface area contributed by atoms with Crippen LogP contribution in [-0.2, 0) is 9.53 Å². The summed E-state index contributed by atoms with van der Waals surface area (Å²) >= 11 is 0. The van der Waals surface area contributed by atoms with Crippen molar-refractivity contribution in [2.75, 3.05) is 6.61 Å². The summed E-state index contributed by atoms with van der Waals surface area (Å²) in [6.07, 6.45) is -1.27. The Labute approximate surface area is 161 Å². The monoisotopic (exact) mass is 402 g/mol. The fourth-order valence-electron chi connectivity index (χ4n) is 1.96. The van der Waals surface area contributed by atoms with E-state index < -0.39 is 36.2 Å². The number of carbonyl (C=O) groups is 3. The van der Waals surface area contributed by atoms with Crippen molar-refractivity contribution in [1.29, 1.82) is 0 Å². The summed E-state index contributed by atoms with van der Waals surface area (Å²) in [5.41, 5.74) is -0.592. The van der Waals surface area contributed by atoms with Crippen molar-refractivity contribution in [1.82, 2.24) is 10.6 Å². The van der Waals surface area contributed by atoms with E-state index in [0.29, 0.717) is 0 Å². The molecule has 0 spiro atoms. The highest BCUT2D eigenvalue weighted by molar-refractivity contribution is 5.98. The molecule has 0 aromatic heterocycles. The molecule has 0 fully saturated rings. The molecule has 0 radical (unpaired) electrons. The molecule has 1 rings (SSSR count). The lowest BCUT2D eigenvalue weighted by Crippen LogP contribution is -2.50. The van der Waals surface area contributed by atoms with Gasteiger partial charge < -0.3 is 19.5 Å². The van der Waals surface area contributed by atoms with E-state index in [1.807, 2.05) is 0 Å². The predicted molar refractivity (Wildman–Crippen MR) is 95.5 cm³/mol. The number of esters is 1. The zero-order valence-corrected chi connectivity index (χ0v) is 16.3. The number of hydrogen-bond donors (Lipinski definition) is 2. The maximum atomic E-state index is 12.4. The number of hydrogen-bond acceptors (Lipinski definition) is 6. The zero-order chi connectivity index (χ0) is 21.5. The molecular weight excluding hydrogens is 378 g/mol. The van der Waals surface area contributed by atoms with Crippen molar-refractivity contribution in [3.05, 3.63) is 23.8 Å². The normalized spacial score (nSPS) is 12.1. The Morgan fingerprint density at radius 2 is 1.79 bits per heavy atom. The summed E-state index contributed by atoms with van der Waals surface area (Å²) in [5.74, 6) is -2.03. The molecule has 0 aliphatic rings. The fraction of sp³-hybridized carbons (Fsp3) is 0.500. The standard InChI is InChI=1S/C18H24F2N2O6/c1-6-26-13-9-11(7-8-12(13)28-16(19)20)15(24)27-10(2)14(23)21-17(25)22-18(3,4)5/h7-10,16H,6H2,1-5H3,(H2,21,22,23,25)/t10-/m1/s1. The maximum Gasteiger partial charge on any atom is 0.387 e. The smallest absolute Gasteiger partial charge is 0.387 e. The predicted octanol–water partition coefficient (Wildman–Crippen LogP) is 2.86. The summed E-state index contributed by atoms with van der Waals surface area (Å²) in [7, 11) is 0. The molecule has 1 aromatic rings. The Morgan fingerprint density at radius 1 is 1.14 bits per heavy atom. The van der Waals surface area contributed by atoms with E-state index >= 15 is 0 Å². The number of alkyl halides is 2. The van der Waals surface area contributed by atoms with E-state index in [9.17, 15) is 23.2 Å². The van der Waals surface area contributed by atoms with E-state index in [0.717, 1.165) is 6.07 Å². The van der Waals surface area contributed by atoms with Crippen LogP contribution in [0.25, 0.3) is 0 Å². The van der Waals surface area contributed by atoms with Gasteiger partial charge in [0.2, 0.25) is 0 Å². The third kappa shape index (κ3) is 7.77. The molecule has 28 heavy (non-hydrogen) atoms. The minimum atomic E-state index is -3.06. The number of amides is 3. The first-order valence-corrected chi connectivity index (χ1v) is 8.48. The van der Waals surface area contributed by atoms with Gasteiger partial charge in [-0.3, -0.25) is 10.1 Å². The second-order valence-corrected chi connectivity index (χ2v) is 6.71. The first-order chi connectivity index (χ1) is 12.9. The topological polar surface area (TPSA) is 103 Å². The number of imide groups is 1. The van der Waals surface area contributed by atoms with Crippen molar-refractivity contribution < 1.29 is 37.4 Å². The molecule has 0 aliphatic carbocycles. The summed E-state index contributed by atoms with van der Waals surface area (Å²) in [4.78, 5) is 35.9. The molecular formula is C18H24F2N2O6. The van der Waals surface area contributed by atoms with Crippen molar-refractivity contribution in [3.8, 4) is 11.5 Å². The number of carbonyl (C=O) groups excluding carboxylic acids is 3. The van der Waals surface area contributed by atoms with Crippen LogP contribution in [0.2, 0.25) is 0 Å². The lowest BCUT2D eigenvalue weighted by molar-refractivity contribution is -0.127. The molecule has 156 valence electrons. The van der Waals surface area contributed by atoms with Crippen molar-refractivity contribution in [2.45, 2.75) is 52.9 Å². The first-order valence-electron chi connectivity index (χ1n) is 8.48. The summed E-state index contributed by atoms with van der Waals surface area (Å²) in [6.45, 7) is 5.22. The fourth-order valence-corrected chi connectivity index (χ4v) is 1.96. The summed E-state index contributed by atoms with van der Waals surface area (Å²) < 4.78 is 39.3. The third-order valence-electron chi connectivity index (χ3n) is 3.07. The summed E-state index contributed by atoms with van der Waals surface area (Å²) in [5, 5.41) is 4.59. The molecule has 0 saturated carbocycles. The van der Waals surface area contributed by atoms with E-state index in [1.54, 1.807) is 27.7 Å². The number of rotatable bonds is 7. The van der Waals surface area contributed by atoms with Gasteiger partial charge in [0.1, 0.15) is 0 Å². The Kier molecular flexibility index (Phi) is 8.15. The van der Waals surface area contributed by atoms with Gasteiger partial charge in [-0.25, -0.2) is 9.59 Å². The van der Waals surface area contributed by atoms with E-state index in [-0.39, 0.29) is 23.7 Å². The van der Waals surface area contributed by atoms with Crippen LogP contribution in [0.3, 0.4) is 0 Å². The quantitative estimate of drug-likeness (QED) is 0.680. The van der Waals surface area contributed by atoms with Crippen LogP contribution >= 0.6 is 0 Å². The highest BCUT2D eigenvalue weighted by Crippen LogP contribution is 2.30. The van der Waals surface area contributed by atoms with E-state index in [1.165, 1.54) is 19.1 Å². The first kappa shape index (κ1) is 23.1. The minimum absolute atomic E-state index is 0.0381. The van der Waals surface area contributed by atoms with Gasteiger partial charge >= 0.3 is 18.6 Å². The maximum absolute atomic E-state index is 12.4. The Bertz CT molecular complexity index is 719. The molecule has 0 bridgehead atoms. The molecule has 2 N–H and O–H groups in total. The largest absolute Gasteiger partial charge is 0.490 e. The Hall–Kier alpha value is -2.91. The van der Waals surface area contributed by atoms with E-state index in [2.05, 4.69) is 15.4 Å². The number of halogens is 2. The second kappa shape index (κ2) is 9.86. The highest BCUT2D eigenvalue weighted by atomic mass is 19.3. The molecule has 1 aromatic carbocycles.